The molecule has 4 aromatic rings. The minimum absolute atomic E-state index is 0.0732. The van der Waals surface area contributed by atoms with Gasteiger partial charge < -0.3 is 9.47 Å². The highest BCUT2D eigenvalue weighted by molar-refractivity contribution is 7.89. The molecule has 3 aromatic carbocycles. The van der Waals surface area contributed by atoms with Crippen molar-refractivity contribution in [3.8, 4) is 0 Å². The number of hydrogen-bond donors (Lipinski definition) is 1. The number of amides is 1. The quantitative estimate of drug-likeness (QED) is 0.337. The molecule has 2 aliphatic carbocycles. The lowest BCUT2D eigenvalue weighted by Crippen LogP contribution is -2.34. The molecule has 6 rings (SSSR count). The van der Waals surface area contributed by atoms with Crippen LogP contribution in [0.4, 0.5) is 5.69 Å². The zero-order valence-corrected chi connectivity index (χ0v) is 22.7. The Morgan fingerprint density at radius 2 is 1.79 bits per heavy atom. The van der Waals surface area contributed by atoms with Crippen LogP contribution in [0.5, 0.6) is 0 Å². The molecule has 2 aliphatic rings. The van der Waals surface area contributed by atoms with Crippen molar-refractivity contribution in [1.82, 2.24) is 14.3 Å². The molecular formula is C31H32N4O3S. The molecule has 1 amide bonds. The van der Waals surface area contributed by atoms with Gasteiger partial charge in [0, 0.05) is 37.1 Å². The van der Waals surface area contributed by atoms with E-state index in [1.807, 2.05) is 59.1 Å². The topological polar surface area (TPSA) is 84.3 Å². The van der Waals surface area contributed by atoms with E-state index in [1.165, 1.54) is 5.56 Å². The number of anilines is 1. The van der Waals surface area contributed by atoms with Crippen molar-refractivity contribution in [3.05, 3.63) is 114 Å². The van der Waals surface area contributed by atoms with E-state index >= 15 is 0 Å². The average Bonchev–Trinajstić information content (AvgIpc) is 3.67. The van der Waals surface area contributed by atoms with E-state index in [9.17, 15) is 13.2 Å². The lowest BCUT2D eigenvalue weighted by Gasteiger charge is -2.29. The molecule has 0 aliphatic heterocycles. The van der Waals surface area contributed by atoms with Crippen LogP contribution in [0.25, 0.3) is 0 Å². The van der Waals surface area contributed by atoms with Crippen molar-refractivity contribution in [2.45, 2.75) is 49.1 Å². The lowest BCUT2D eigenvalue weighted by molar-refractivity contribution is -0.120. The van der Waals surface area contributed by atoms with Gasteiger partial charge in [-0.1, -0.05) is 54.6 Å². The number of nitrogens with one attached hydrogen (secondary N) is 1. The molecule has 0 bridgehead atoms. The minimum atomic E-state index is -3.68. The fourth-order valence-corrected chi connectivity index (χ4v) is 6.93. The summed E-state index contributed by atoms with van der Waals surface area (Å²) in [6, 6.07) is 24.4. The average molecular weight is 541 g/mol. The molecule has 7 nitrogen and oxygen atoms in total. The third-order valence-electron chi connectivity index (χ3n) is 7.93. The molecule has 39 heavy (non-hydrogen) atoms. The molecule has 0 saturated heterocycles. The van der Waals surface area contributed by atoms with Crippen molar-refractivity contribution >= 4 is 21.6 Å². The summed E-state index contributed by atoms with van der Waals surface area (Å²) in [4.78, 5) is 20.5. The number of nitrogens with zero attached hydrogens (tertiary/aromatic N) is 3. The summed E-state index contributed by atoms with van der Waals surface area (Å²) in [6.07, 6.45) is 6.92. The number of sulfonamides is 1. The van der Waals surface area contributed by atoms with Crippen molar-refractivity contribution in [3.63, 3.8) is 0 Å². The summed E-state index contributed by atoms with van der Waals surface area (Å²) in [5.41, 5.74) is 4.01. The van der Waals surface area contributed by atoms with Crippen LogP contribution in [0.15, 0.2) is 96.2 Å². The summed E-state index contributed by atoms with van der Waals surface area (Å²) in [6.45, 7) is 0.347. The number of rotatable bonds is 8. The number of hydrogen-bond acceptors (Lipinski definition) is 4. The first-order chi connectivity index (χ1) is 18.9. The second-order valence-corrected chi connectivity index (χ2v) is 12.2. The Bertz CT molecular complexity index is 1580. The van der Waals surface area contributed by atoms with Gasteiger partial charge in [0.1, 0.15) is 5.82 Å². The Morgan fingerprint density at radius 3 is 2.51 bits per heavy atom. The van der Waals surface area contributed by atoms with Crippen molar-refractivity contribution in [1.29, 1.82) is 0 Å². The van der Waals surface area contributed by atoms with Crippen LogP contribution in [-0.2, 0) is 34.8 Å². The zero-order chi connectivity index (χ0) is 27.0. The van der Waals surface area contributed by atoms with Crippen LogP contribution in [0.2, 0.25) is 0 Å². The van der Waals surface area contributed by atoms with Crippen LogP contribution in [0, 0.1) is 5.92 Å². The normalized spacial score (nSPS) is 20.3. The summed E-state index contributed by atoms with van der Waals surface area (Å²) in [7, 11) is -1.76. The molecule has 8 heteroatoms. The van der Waals surface area contributed by atoms with Gasteiger partial charge >= 0.3 is 0 Å². The highest BCUT2D eigenvalue weighted by atomic mass is 32.2. The second kappa shape index (κ2) is 10.4. The monoisotopic (exact) mass is 540 g/mol. The fourth-order valence-electron chi connectivity index (χ4n) is 5.66. The third-order valence-corrected chi connectivity index (χ3v) is 9.42. The largest absolute Gasteiger partial charge is 0.337 e. The third kappa shape index (κ3) is 5.27. The van der Waals surface area contributed by atoms with E-state index < -0.39 is 10.0 Å². The van der Waals surface area contributed by atoms with Crippen molar-refractivity contribution < 1.29 is 13.2 Å². The molecule has 1 N–H and O–H groups in total. The zero-order valence-electron chi connectivity index (χ0n) is 21.9. The van der Waals surface area contributed by atoms with Gasteiger partial charge in [-0.3, -0.25) is 4.79 Å². The molecule has 0 unspecified atom stereocenters. The van der Waals surface area contributed by atoms with Gasteiger partial charge in [0.2, 0.25) is 15.9 Å². The summed E-state index contributed by atoms with van der Waals surface area (Å²) < 4.78 is 31.2. The Labute approximate surface area is 229 Å². The van der Waals surface area contributed by atoms with Gasteiger partial charge in [0.25, 0.3) is 0 Å². The highest BCUT2D eigenvalue weighted by Crippen LogP contribution is 2.49. The number of benzene rings is 3. The van der Waals surface area contributed by atoms with Crippen LogP contribution in [0.3, 0.4) is 0 Å². The molecule has 1 heterocycles. The van der Waals surface area contributed by atoms with E-state index in [2.05, 4.69) is 21.8 Å². The van der Waals surface area contributed by atoms with Crippen molar-refractivity contribution in [2.75, 3.05) is 4.90 Å². The Hall–Kier alpha value is -3.75. The Morgan fingerprint density at radius 1 is 1.05 bits per heavy atom. The van der Waals surface area contributed by atoms with Gasteiger partial charge in [-0.25, -0.2) is 18.1 Å². The standard InChI is InChI=1S/C31H32N4O3S/c1-34-18-17-32-30(34)21-35(31(36)28-20-26(28)22-9-4-2-5-10-22)24-16-15-23-11-8-14-29(27(23)19-24)33-39(37,38)25-12-6-3-7-13-25/h2-7,9-10,12-13,15-19,26,28-29,33H,8,11,14,20-21H2,1H3/t26-,28-,29-/m1/s1. The molecule has 0 radical (unpaired) electrons. The molecule has 1 saturated carbocycles. The maximum Gasteiger partial charge on any atom is 0.241 e. The van der Waals surface area contributed by atoms with E-state index in [-0.39, 0.29) is 28.7 Å². The predicted molar refractivity (Wildman–Crippen MR) is 151 cm³/mol. The number of fused-ring (bicyclic) bond motifs is 1. The predicted octanol–water partition coefficient (Wildman–Crippen LogP) is 5.11. The number of aromatic nitrogens is 2. The smallest absolute Gasteiger partial charge is 0.241 e. The first kappa shape index (κ1) is 25.5. The molecule has 0 spiro atoms. The molecule has 1 fully saturated rings. The van der Waals surface area contributed by atoms with Gasteiger partial charge in [0.05, 0.1) is 11.4 Å². The Balaban J connectivity index is 1.32. The van der Waals surface area contributed by atoms with Gasteiger partial charge in [-0.05, 0) is 72.6 Å². The van der Waals surface area contributed by atoms with E-state index in [0.717, 1.165) is 41.9 Å². The van der Waals surface area contributed by atoms with Gasteiger partial charge in [0.15, 0.2) is 0 Å². The second-order valence-electron chi connectivity index (χ2n) is 10.5. The summed E-state index contributed by atoms with van der Waals surface area (Å²) in [5.74, 6) is 0.991. The molecule has 200 valence electrons. The number of aryl methyl sites for hydroxylation is 2. The van der Waals surface area contributed by atoms with Crippen molar-refractivity contribution in [2.24, 2.45) is 13.0 Å². The van der Waals surface area contributed by atoms with Gasteiger partial charge in [-0.15, -0.1) is 0 Å². The lowest BCUT2D eigenvalue weighted by atomic mass is 9.87. The van der Waals surface area contributed by atoms with Crippen LogP contribution in [-0.4, -0.2) is 23.9 Å². The SMILES string of the molecule is Cn1ccnc1CN(C(=O)[C@@H]1C[C@@H]1c1ccccc1)c1ccc2c(c1)[C@H](NS(=O)(=O)c1ccccc1)CCC2. The summed E-state index contributed by atoms with van der Waals surface area (Å²) >= 11 is 0. The Kier molecular flexibility index (Phi) is 6.83. The van der Waals surface area contributed by atoms with Crippen LogP contribution < -0.4 is 9.62 Å². The molecule has 3 atom stereocenters. The maximum atomic E-state index is 14.0. The first-order valence-corrected chi connectivity index (χ1v) is 14.9. The highest BCUT2D eigenvalue weighted by Gasteiger charge is 2.46. The number of carbonyl (C=O) groups is 1. The van der Waals surface area contributed by atoms with E-state index in [0.29, 0.717) is 13.0 Å². The van der Waals surface area contributed by atoms with Gasteiger partial charge in [-0.2, -0.15) is 0 Å². The van der Waals surface area contributed by atoms with Crippen LogP contribution >= 0.6 is 0 Å². The van der Waals surface area contributed by atoms with Crippen LogP contribution in [0.1, 0.15) is 53.7 Å². The first-order valence-electron chi connectivity index (χ1n) is 13.4. The molecule has 1 aromatic heterocycles. The number of carbonyl (C=O) groups excluding carboxylic acids is 1. The van der Waals surface area contributed by atoms with E-state index in [1.54, 1.807) is 36.5 Å². The molecular weight excluding hydrogens is 508 g/mol. The van der Waals surface area contributed by atoms with E-state index in [4.69, 9.17) is 0 Å². The number of imidazole rings is 1. The minimum Gasteiger partial charge on any atom is -0.337 e. The summed E-state index contributed by atoms with van der Waals surface area (Å²) in [5, 5.41) is 0. The maximum absolute atomic E-state index is 14.0. The fraction of sp³-hybridized carbons (Fsp3) is 0.290.